The molecule has 2 rings (SSSR count). The summed E-state index contributed by atoms with van der Waals surface area (Å²) in [5.41, 5.74) is 0.467. The molecule has 20 heavy (non-hydrogen) atoms. The molecule has 110 valence electrons. The highest BCUT2D eigenvalue weighted by Crippen LogP contribution is 2.25. The van der Waals surface area contributed by atoms with Crippen LogP contribution in [0.3, 0.4) is 0 Å². The zero-order chi connectivity index (χ0) is 14.6. The number of halogens is 1. The molecule has 6 heteroatoms. The predicted molar refractivity (Wildman–Crippen MR) is 75.7 cm³/mol. The van der Waals surface area contributed by atoms with Crippen LogP contribution in [-0.2, 0) is 14.6 Å². The summed E-state index contributed by atoms with van der Waals surface area (Å²) in [7, 11) is -3.17. The van der Waals surface area contributed by atoms with E-state index < -0.39 is 9.84 Å². The van der Waals surface area contributed by atoms with Crippen LogP contribution in [0.25, 0.3) is 0 Å². The van der Waals surface area contributed by atoms with Crippen molar-refractivity contribution in [3.8, 4) is 0 Å². The zero-order valence-corrected chi connectivity index (χ0v) is 12.0. The van der Waals surface area contributed by atoms with Crippen molar-refractivity contribution >= 4 is 21.4 Å². The monoisotopic (exact) mass is 299 g/mol. The van der Waals surface area contributed by atoms with E-state index in [9.17, 15) is 17.6 Å². The Balaban J connectivity index is 1.84. The van der Waals surface area contributed by atoms with Gasteiger partial charge < -0.3 is 5.32 Å². The first-order chi connectivity index (χ1) is 9.47. The lowest BCUT2D eigenvalue weighted by atomic mass is 10.3. The van der Waals surface area contributed by atoms with Crippen LogP contribution in [0.1, 0.15) is 32.1 Å². The number of nitrogens with one attached hydrogen (secondary N) is 1. The van der Waals surface area contributed by atoms with E-state index in [1.54, 1.807) is 0 Å². The number of sulfone groups is 1. The van der Waals surface area contributed by atoms with E-state index in [1.807, 2.05) is 0 Å². The molecule has 0 heterocycles. The van der Waals surface area contributed by atoms with Gasteiger partial charge in [0.05, 0.1) is 11.0 Å². The van der Waals surface area contributed by atoms with E-state index in [0.717, 1.165) is 12.8 Å². The van der Waals surface area contributed by atoms with Gasteiger partial charge in [-0.1, -0.05) is 12.8 Å². The number of hydrogen-bond acceptors (Lipinski definition) is 3. The molecular formula is C14H18FNO3S. The normalized spacial score (nSPS) is 16.2. The molecular weight excluding hydrogens is 281 g/mol. The fourth-order valence-electron chi connectivity index (χ4n) is 2.41. The summed E-state index contributed by atoms with van der Waals surface area (Å²) < 4.78 is 36.7. The summed E-state index contributed by atoms with van der Waals surface area (Å²) in [5.74, 6) is -0.866. The van der Waals surface area contributed by atoms with Gasteiger partial charge in [0.25, 0.3) is 0 Å². The van der Waals surface area contributed by atoms with Crippen LogP contribution in [0.15, 0.2) is 24.3 Å². The number of rotatable bonds is 5. The summed E-state index contributed by atoms with van der Waals surface area (Å²) in [6, 6.07) is 5.37. The molecule has 0 saturated heterocycles. The second-order valence-corrected chi connectivity index (χ2v) is 7.48. The average molecular weight is 299 g/mol. The molecule has 1 amide bonds. The van der Waals surface area contributed by atoms with Crippen LogP contribution >= 0.6 is 0 Å². The first kappa shape index (κ1) is 15.0. The fraction of sp³-hybridized carbons (Fsp3) is 0.500. The molecule has 0 spiro atoms. The lowest BCUT2D eigenvalue weighted by Crippen LogP contribution is -2.24. The van der Waals surface area contributed by atoms with Crippen molar-refractivity contribution in [2.75, 3.05) is 11.1 Å². The maximum Gasteiger partial charge on any atom is 0.225 e. The molecule has 4 nitrogen and oxygen atoms in total. The molecule has 1 fully saturated rings. The van der Waals surface area contributed by atoms with Gasteiger partial charge in [0.2, 0.25) is 5.91 Å². The van der Waals surface area contributed by atoms with Gasteiger partial charge in [-0.05, 0) is 37.1 Å². The minimum Gasteiger partial charge on any atom is -0.326 e. The number of hydrogen-bond donors (Lipinski definition) is 1. The van der Waals surface area contributed by atoms with E-state index in [2.05, 4.69) is 5.32 Å². The van der Waals surface area contributed by atoms with Crippen LogP contribution in [0.4, 0.5) is 10.1 Å². The van der Waals surface area contributed by atoms with E-state index >= 15 is 0 Å². The molecule has 1 aromatic rings. The molecule has 0 aliphatic heterocycles. The molecule has 1 aliphatic carbocycles. The molecule has 1 aromatic carbocycles. The van der Waals surface area contributed by atoms with Gasteiger partial charge >= 0.3 is 0 Å². The Labute approximate surface area is 118 Å². The van der Waals surface area contributed by atoms with Crippen molar-refractivity contribution < 1.29 is 17.6 Å². The first-order valence-electron chi connectivity index (χ1n) is 6.74. The minimum atomic E-state index is -3.17. The molecule has 0 aromatic heterocycles. The van der Waals surface area contributed by atoms with Gasteiger partial charge in [-0.2, -0.15) is 0 Å². The molecule has 1 aliphatic rings. The molecule has 1 saturated carbocycles. The second-order valence-electron chi connectivity index (χ2n) is 5.08. The number of carbonyl (C=O) groups is 1. The zero-order valence-electron chi connectivity index (χ0n) is 11.1. The Morgan fingerprint density at radius 3 is 2.40 bits per heavy atom. The van der Waals surface area contributed by atoms with Crippen molar-refractivity contribution in [1.82, 2.24) is 0 Å². The summed E-state index contributed by atoms with van der Waals surface area (Å²) in [6.45, 7) is 0. The fourth-order valence-corrected chi connectivity index (χ4v) is 4.26. The van der Waals surface area contributed by atoms with Crippen molar-refractivity contribution in [2.45, 2.75) is 37.4 Å². The number of anilines is 1. The van der Waals surface area contributed by atoms with E-state index in [0.29, 0.717) is 18.5 Å². The predicted octanol–water partition coefficient (Wildman–Crippen LogP) is 2.51. The smallest absolute Gasteiger partial charge is 0.225 e. The van der Waals surface area contributed by atoms with Gasteiger partial charge in [-0.15, -0.1) is 0 Å². The number of amides is 1. The molecule has 0 bridgehead atoms. The Hall–Kier alpha value is -1.43. The largest absolute Gasteiger partial charge is 0.326 e. The molecule has 0 radical (unpaired) electrons. The van der Waals surface area contributed by atoms with Gasteiger partial charge in [0.1, 0.15) is 5.82 Å². The number of benzene rings is 1. The Morgan fingerprint density at radius 2 is 1.80 bits per heavy atom. The first-order valence-corrected chi connectivity index (χ1v) is 8.46. The third-order valence-corrected chi connectivity index (χ3v) is 5.81. The number of carbonyl (C=O) groups excluding carboxylic acids is 1. The Bertz CT molecular complexity index is 563. The van der Waals surface area contributed by atoms with Gasteiger partial charge in [-0.25, -0.2) is 12.8 Å². The highest BCUT2D eigenvalue weighted by Gasteiger charge is 2.28. The standard InChI is InChI=1S/C14H18FNO3S/c15-11-5-7-12(8-6-11)16-14(17)9-10-20(18,19)13-3-1-2-4-13/h5-8,13H,1-4,9-10H2,(H,16,17). The van der Waals surface area contributed by atoms with Crippen LogP contribution in [-0.4, -0.2) is 25.3 Å². The maximum absolute atomic E-state index is 12.7. The SMILES string of the molecule is O=C(CCS(=O)(=O)C1CCCC1)Nc1ccc(F)cc1. The summed E-state index contributed by atoms with van der Waals surface area (Å²) in [4.78, 5) is 11.7. The van der Waals surface area contributed by atoms with Gasteiger partial charge in [-0.3, -0.25) is 4.79 Å². The van der Waals surface area contributed by atoms with Crippen LogP contribution in [0.2, 0.25) is 0 Å². The third-order valence-electron chi connectivity index (χ3n) is 3.55. The lowest BCUT2D eigenvalue weighted by molar-refractivity contribution is -0.115. The topological polar surface area (TPSA) is 63.2 Å². The average Bonchev–Trinajstić information content (AvgIpc) is 2.94. The van der Waals surface area contributed by atoms with Crippen LogP contribution in [0, 0.1) is 5.82 Å². The van der Waals surface area contributed by atoms with Gasteiger partial charge in [0.15, 0.2) is 9.84 Å². The van der Waals surface area contributed by atoms with Crippen molar-refractivity contribution in [2.24, 2.45) is 0 Å². The molecule has 1 N–H and O–H groups in total. The third kappa shape index (κ3) is 4.03. The maximum atomic E-state index is 12.7. The molecule has 0 unspecified atom stereocenters. The summed E-state index contributed by atoms with van der Waals surface area (Å²) in [5, 5.41) is 2.29. The Morgan fingerprint density at radius 1 is 1.20 bits per heavy atom. The van der Waals surface area contributed by atoms with E-state index in [-0.39, 0.29) is 29.1 Å². The quantitative estimate of drug-likeness (QED) is 0.908. The van der Waals surface area contributed by atoms with Crippen LogP contribution < -0.4 is 5.32 Å². The minimum absolute atomic E-state index is 0.0593. The van der Waals surface area contributed by atoms with Crippen molar-refractivity contribution in [3.63, 3.8) is 0 Å². The molecule has 0 atom stereocenters. The summed E-state index contributed by atoms with van der Waals surface area (Å²) >= 11 is 0. The van der Waals surface area contributed by atoms with Crippen LogP contribution in [0.5, 0.6) is 0 Å². The summed E-state index contributed by atoms with van der Waals surface area (Å²) in [6.07, 6.45) is 3.26. The highest BCUT2D eigenvalue weighted by atomic mass is 32.2. The second kappa shape index (κ2) is 6.35. The lowest BCUT2D eigenvalue weighted by Gasteiger charge is -2.11. The van der Waals surface area contributed by atoms with Gasteiger partial charge in [0, 0.05) is 12.1 Å². The van der Waals surface area contributed by atoms with Crippen molar-refractivity contribution in [3.05, 3.63) is 30.1 Å². The van der Waals surface area contributed by atoms with E-state index in [1.165, 1.54) is 24.3 Å². The van der Waals surface area contributed by atoms with E-state index in [4.69, 9.17) is 0 Å². The Kier molecular flexibility index (Phi) is 4.75. The van der Waals surface area contributed by atoms with Crippen molar-refractivity contribution in [1.29, 1.82) is 0 Å². The highest BCUT2D eigenvalue weighted by molar-refractivity contribution is 7.92.